The maximum Gasteiger partial charge on any atom is 0.453 e. The number of benzene rings is 2. The quantitative estimate of drug-likeness (QED) is 0.455. The first kappa shape index (κ1) is 17.7. The Morgan fingerprint density at radius 3 is 2.33 bits per heavy atom. The predicted molar refractivity (Wildman–Crippen MR) is 100 cm³/mol. The fraction of sp³-hybridized carbons (Fsp3) is 0.158. The van der Waals surface area contributed by atoms with Gasteiger partial charge in [0.2, 0.25) is 0 Å². The Hall–Kier alpha value is -2.74. The lowest BCUT2D eigenvalue weighted by Crippen LogP contribution is -2.08. The number of alkyl halides is 3. The Bertz CT molecular complexity index is 1110. The van der Waals surface area contributed by atoms with E-state index in [1.807, 2.05) is 53.3 Å². The van der Waals surface area contributed by atoms with Crippen molar-refractivity contribution in [3.63, 3.8) is 0 Å². The summed E-state index contributed by atoms with van der Waals surface area (Å²) in [5, 5.41) is 4.68. The smallest absolute Gasteiger partial charge is 0.341 e. The van der Waals surface area contributed by atoms with Gasteiger partial charge in [0.25, 0.3) is 5.82 Å². The molecular formula is C19H15F3N4S. The number of para-hydroxylation sites is 1. The molecule has 8 heteroatoms. The summed E-state index contributed by atoms with van der Waals surface area (Å²) in [6, 6.07) is 16.6. The van der Waals surface area contributed by atoms with E-state index in [9.17, 15) is 13.2 Å². The minimum Gasteiger partial charge on any atom is -0.341 e. The molecule has 2 aromatic carbocycles. The molecule has 2 heterocycles. The van der Waals surface area contributed by atoms with E-state index in [-0.39, 0.29) is 5.82 Å². The van der Waals surface area contributed by atoms with Gasteiger partial charge in [0.15, 0.2) is 5.82 Å². The third-order valence-corrected chi connectivity index (χ3v) is 5.10. The van der Waals surface area contributed by atoms with Gasteiger partial charge in [0.05, 0.1) is 11.4 Å². The number of halogens is 3. The molecule has 4 nitrogen and oxygen atoms in total. The summed E-state index contributed by atoms with van der Waals surface area (Å²) in [7, 11) is 1.81. The monoisotopic (exact) mass is 388 g/mol. The summed E-state index contributed by atoms with van der Waals surface area (Å²) in [4.78, 5) is 4.84. The highest BCUT2D eigenvalue weighted by Crippen LogP contribution is 2.32. The predicted octanol–water partition coefficient (Wildman–Crippen LogP) is 5.17. The number of thioether (sulfide) groups is 1. The van der Waals surface area contributed by atoms with E-state index in [1.54, 1.807) is 30.9 Å². The molecule has 2 aromatic heterocycles. The molecular weight excluding hydrogens is 373 g/mol. The molecule has 0 N–H and O–H groups in total. The second kappa shape index (κ2) is 6.45. The first-order valence-electron chi connectivity index (χ1n) is 8.12. The van der Waals surface area contributed by atoms with Crippen LogP contribution >= 0.6 is 11.8 Å². The lowest BCUT2D eigenvalue weighted by molar-refractivity contribution is -0.144. The molecule has 0 fully saturated rings. The molecule has 0 saturated carbocycles. The lowest BCUT2D eigenvalue weighted by atomic mass is 10.2. The molecule has 0 atom stereocenters. The standard InChI is InChI=1S/C19H15F3N4S/c1-25-15-6-4-3-5-12(15)11-16(25)17-23-18(19(20,21)22)24-26(17)13-7-9-14(27-2)10-8-13/h3-11H,1-2H3. The molecule has 0 aliphatic carbocycles. The molecule has 138 valence electrons. The number of aryl methyl sites for hydroxylation is 1. The number of fused-ring (bicyclic) bond motifs is 1. The van der Waals surface area contributed by atoms with Gasteiger partial charge in [0, 0.05) is 22.8 Å². The van der Waals surface area contributed by atoms with E-state index in [1.165, 1.54) is 4.68 Å². The van der Waals surface area contributed by atoms with Crippen molar-refractivity contribution in [3.8, 4) is 17.2 Å². The largest absolute Gasteiger partial charge is 0.453 e. The van der Waals surface area contributed by atoms with Gasteiger partial charge in [-0.2, -0.15) is 13.2 Å². The zero-order chi connectivity index (χ0) is 19.2. The highest BCUT2D eigenvalue weighted by atomic mass is 32.2. The van der Waals surface area contributed by atoms with Crippen molar-refractivity contribution in [2.75, 3.05) is 6.26 Å². The molecule has 0 amide bonds. The van der Waals surface area contributed by atoms with Crippen LogP contribution in [0.4, 0.5) is 13.2 Å². The van der Waals surface area contributed by atoms with Crippen LogP contribution in [-0.4, -0.2) is 25.6 Å². The van der Waals surface area contributed by atoms with Gasteiger partial charge >= 0.3 is 6.18 Å². The minimum atomic E-state index is -4.62. The van der Waals surface area contributed by atoms with Gasteiger partial charge in [-0.3, -0.25) is 0 Å². The fourth-order valence-corrected chi connectivity index (χ4v) is 3.41. The second-order valence-corrected chi connectivity index (χ2v) is 6.89. The van der Waals surface area contributed by atoms with Gasteiger partial charge in [-0.15, -0.1) is 16.9 Å². The molecule has 0 aliphatic heterocycles. The number of hydrogen-bond acceptors (Lipinski definition) is 3. The average Bonchev–Trinajstić information content (AvgIpc) is 3.24. The number of aromatic nitrogens is 4. The van der Waals surface area contributed by atoms with Crippen molar-refractivity contribution < 1.29 is 13.2 Å². The molecule has 0 bridgehead atoms. The van der Waals surface area contributed by atoms with E-state index < -0.39 is 12.0 Å². The van der Waals surface area contributed by atoms with Crippen LogP contribution < -0.4 is 0 Å². The Morgan fingerprint density at radius 1 is 1.00 bits per heavy atom. The Balaban J connectivity index is 1.95. The summed E-state index contributed by atoms with van der Waals surface area (Å²) < 4.78 is 42.9. The zero-order valence-corrected chi connectivity index (χ0v) is 15.3. The van der Waals surface area contributed by atoms with E-state index in [0.29, 0.717) is 11.4 Å². The lowest BCUT2D eigenvalue weighted by Gasteiger charge is -2.08. The van der Waals surface area contributed by atoms with Crippen LogP contribution in [0, 0.1) is 0 Å². The fourth-order valence-electron chi connectivity index (χ4n) is 3.00. The third-order valence-electron chi connectivity index (χ3n) is 4.36. The summed E-state index contributed by atoms with van der Waals surface area (Å²) in [5.74, 6) is -1.00. The van der Waals surface area contributed by atoms with Gasteiger partial charge in [-0.25, -0.2) is 9.67 Å². The number of nitrogens with zero attached hydrogens (tertiary/aromatic N) is 4. The van der Waals surface area contributed by atoms with Crippen LogP contribution in [0.1, 0.15) is 5.82 Å². The Morgan fingerprint density at radius 2 is 1.70 bits per heavy atom. The molecule has 4 aromatic rings. The van der Waals surface area contributed by atoms with Gasteiger partial charge in [0.1, 0.15) is 0 Å². The summed E-state index contributed by atoms with van der Waals surface area (Å²) in [6.07, 6.45) is -2.68. The van der Waals surface area contributed by atoms with Crippen molar-refractivity contribution in [1.29, 1.82) is 0 Å². The van der Waals surface area contributed by atoms with Crippen LogP contribution in [0.5, 0.6) is 0 Å². The average molecular weight is 388 g/mol. The van der Waals surface area contributed by atoms with E-state index >= 15 is 0 Å². The summed E-state index contributed by atoms with van der Waals surface area (Å²) in [5.41, 5.74) is 2.00. The van der Waals surface area contributed by atoms with Crippen LogP contribution in [0.3, 0.4) is 0 Å². The third kappa shape index (κ3) is 3.10. The normalized spacial score (nSPS) is 12.0. The number of rotatable bonds is 3. The van der Waals surface area contributed by atoms with Crippen molar-refractivity contribution in [3.05, 3.63) is 60.4 Å². The highest BCUT2D eigenvalue weighted by Gasteiger charge is 2.37. The molecule has 0 aliphatic rings. The van der Waals surface area contributed by atoms with Crippen molar-refractivity contribution in [2.45, 2.75) is 11.1 Å². The summed E-state index contributed by atoms with van der Waals surface area (Å²) in [6.45, 7) is 0. The van der Waals surface area contributed by atoms with Crippen LogP contribution in [-0.2, 0) is 13.2 Å². The SMILES string of the molecule is CSc1ccc(-n2nc(C(F)(F)F)nc2-c2cc3ccccc3n2C)cc1. The van der Waals surface area contributed by atoms with Gasteiger partial charge < -0.3 is 4.57 Å². The molecule has 27 heavy (non-hydrogen) atoms. The zero-order valence-electron chi connectivity index (χ0n) is 14.5. The second-order valence-electron chi connectivity index (χ2n) is 6.01. The maximum atomic E-state index is 13.3. The van der Waals surface area contributed by atoms with Gasteiger partial charge in [-0.1, -0.05) is 18.2 Å². The molecule has 0 unspecified atom stereocenters. The molecule has 0 radical (unpaired) electrons. The van der Waals surface area contributed by atoms with Crippen molar-refractivity contribution in [1.82, 2.24) is 19.3 Å². The van der Waals surface area contributed by atoms with Crippen LogP contribution in [0.25, 0.3) is 28.1 Å². The van der Waals surface area contributed by atoms with Crippen molar-refractivity contribution in [2.24, 2.45) is 7.05 Å². The van der Waals surface area contributed by atoms with E-state index in [4.69, 9.17) is 0 Å². The molecule has 4 rings (SSSR count). The minimum absolute atomic E-state index is 0.151. The topological polar surface area (TPSA) is 35.6 Å². The molecule has 0 spiro atoms. The van der Waals surface area contributed by atoms with Crippen LogP contribution in [0.15, 0.2) is 59.5 Å². The first-order valence-corrected chi connectivity index (χ1v) is 9.34. The van der Waals surface area contributed by atoms with Crippen LogP contribution in [0.2, 0.25) is 0 Å². The van der Waals surface area contributed by atoms with Crippen molar-refractivity contribution >= 4 is 22.7 Å². The van der Waals surface area contributed by atoms with E-state index in [0.717, 1.165) is 15.8 Å². The van der Waals surface area contributed by atoms with E-state index in [2.05, 4.69) is 10.1 Å². The Kier molecular flexibility index (Phi) is 4.22. The highest BCUT2D eigenvalue weighted by molar-refractivity contribution is 7.98. The first-order chi connectivity index (χ1) is 12.9. The van der Waals surface area contributed by atoms with Gasteiger partial charge in [-0.05, 0) is 42.7 Å². The summed E-state index contributed by atoms with van der Waals surface area (Å²) >= 11 is 1.56. The molecule has 0 saturated heterocycles. The number of hydrogen-bond donors (Lipinski definition) is 0. The maximum absolute atomic E-state index is 13.3. The Labute approximate surface area is 157 Å².